The Labute approximate surface area is 91.8 Å². The predicted molar refractivity (Wildman–Crippen MR) is 63.0 cm³/mol. The van der Waals surface area contributed by atoms with Crippen LogP contribution in [0.15, 0.2) is 24.3 Å². The summed E-state index contributed by atoms with van der Waals surface area (Å²) in [6, 6.07) is 8.16. The van der Waals surface area contributed by atoms with Crippen LogP contribution in [-0.4, -0.2) is 31.6 Å². The van der Waals surface area contributed by atoms with Crippen molar-refractivity contribution >= 4 is 0 Å². The maximum absolute atomic E-state index is 5.55. The third kappa shape index (κ3) is 3.90. The van der Waals surface area contributed by atoms with Crippen molar-refractivity contribution in [1.82, 2.24) is 4.90 Å². The Morgan fingerprint density at radius 1 is 1.40 bits per heavy atom. The van der Waals surface area contributed by atoms with Gasteiger partial charge < -0.3 is 10.5 Å². The minimum atomic E-state index is 0.706. The molecule has 0 fully saturated rings. The number of rotatable bonds is 6. The van der Waals surface area contributed by atoms with Crippen molar-refractivity contribution in [2.75, 3.05) is 26.7 Å². The minimum Gasteiger partial charge on any atom is -0.497 e. The van der Waals surface area contributed by atoms with Gasteiger partial charge in [0.25, 0.3) is 0 Å². The first kappa shape index (κ1) is 12.0. The van der Waals surface area contributed by atoms with E-state index in [9.17, 15) is 0 Å². The van der Waals surface area contributed by atoms with Crippen molar-refractivity contribution in [3.63, 3.8) is 0 Å². The summed E-state index contributed by atoms with van der Waals surface area (Å²) in [6.07, 6.45) is 0. The summed E-state index contributed by atoms with van der Waals surface area (Å²) in [4.78, 5) is 2.31. The second-order valence-electron chi connectivity index (χ2n) is 3.51. The fourth-order valence-corrected chi connectivity index (χ4v) is 1.56. The second-order valence-corrected chi connectivity index (χ2v) is 3.51. The van der Waals surface area contributed by atoms with Crippen LogP contribution in [0.4, 0.5) is 0 Å². The Morgan fingerprint density at radius 3 is 2.80 bits per heavy atom. The molecule has 0 saturated heterocycles. The van der Waals surface area contributed by atoms with Crippen molar-refractivity contribution in [1.29, 1.82) is 0 Å². The van der Waals surface area contributed by atoms with Crippen molar-refractivity contribution < 1.29 is 4.74 Å². The Hall–Kier alpha value is -1.06. The van der Waals surface area contributed by atoms with Gasteiger partial charge in [0, 0.05) is 19.6 Å². The maximum Gasteiger partial charge on any atom is 0.119 e. The molecule has 0 aliphatic rings. The van der Waals surface area contributed by atoms with E-state index in [1.54, 1.807) is 7.11 Å². The van der Waals surface area contributed by atoms with Gasteiger partial charge in [-0.1, -0.05) is 19.1 Å². The molecule has 0 unspecified atom stereocenters. The summed E-state index contributed by atoms with van der Waals surface area (Å²) < 4.78 is 5.19. The van der Waals surface area contributed by atoms with E-state index in [1.165, 1.54) is 5.56 Å². The Kier molecular flexibility index (Phi) is 5.15. The molecule has 0 heterocycles. The van der Waals surface area contributed by atoms with E-state index in [4.69, 9.17) is 10.5 Å². The van der Waals surface area contributed by atoms with Crippen LogP contribution < -0.4 is 10.5 Å². The third-order valence-electron chi connectivity index (χ3n) is 2.43. The normalized spacial score (nSPS) is 10.7. The Balaban J connectivity index is 2.61. The molecule has 0 spiro atoms. The van der Waals surface area contributed by atoms with Crippen molar-refractivity contribution in [3.8, 4) is 5.75 Å². The van der Waals surface area contributed by atoms with Gasteiger partial charge in [0.05, 0.1) is 7.11 Å². The predicted octanol–water partition coefficient (Wildman–Crippen LogP) is 1.48. The highest BCUT2D eigenvalue weighted by Gasteiger charge is 2.02. The number of methoxy groups -OCH3 is 1. The number of hydrogen-bond donors (Lipinski definition) is 1. The number of ether oxygens (including phenoxy) is 1. The molecular weight excluding hydrogens is 188 g/mol. The van der Waals surface area contributed by atoms with Crippen LogP contribution in [-0.2, 0) is 6.54 Å². The van der Waals surface area contributed by atoms with Gasteiger partial charge in [-0.05, 0) is 24.2 Å². The third-order valence-corrected chi connectivity index (χ3v) is 2.43. The van der Waals surface area contributed by atoms with Gasteiger partial charge in [0.15, 0.2) is 0 Å². The molecular formula is C12H20N2O. The lowest BCUT2D eigenvalue weighted by Gasteiger charge is -2.19. The molecule has 0 aromatic heterocycles. The van der Waals surface area contributed by atoms with Crippen LogP contribution in [0.3, 0.4) is 0 Å². The molecule has 15 heavy (non-hydrogen) atoms. The minimum absolute atomic E-state index is 0.706. The number of nitrogens with two attached hydrogens (primary N) is 1. The van der Waals surface area contributed by atoms with Crippen molar-refractivity contribution in [2.45, 2.75) is 13.5 Å². The summed E-state index contributed by atoms with van der Waals surface area (Å²) in [5, 5.41) is 0. The zero-order valence-corrected chi connectivity index (χ0v) is 9.57. The van der Waals surface area contributed by atoms with E-state index >= 15 is 0 Å². The van der Waals surface area contributed by atoms with Gasteiger partial charge in [-0.3, -0.25) is 4.90 Å². The summed E-state index contributed by atoms with van der Waals surface area (Å²) in [5.41, 5.74) is 6.82. The van der Waals surface area contributed by atoms with E-state index in [0.717, 1.165) is 25.4 Å². The van der Waals surface area contributed by atoms with Crippen LogP contribution in [0.25, 0.3) is 0 Å². The summed E-state index contributed by atoms with van der Waals surface area (Å²) >= 11 is 0. The molecule has 1 rings (SSSR count). The second kappa shape index (κ2) is 6.43. The average molecular weight is 208 g/mol. The summed E-state index contributed by atoms with van der Waals surface area (Å²) in [7, 11) is 1.69. The van der Waals surface area contributed by atoms with Gasteiger partial charge in [0.2, 0.25) is 0 Å². The molecule has 0 aliphatic carbocycles. The lowest BCUT2D eigenvalue weighted by atomic mass is 10.2. The average Bonchev–Trinajstić information content (AvgIpc) is 2.29. The molecule has 84 valence electrons. The molecule has 3 nitrogen and oxygen atoms in total. The Morgan fingerprint density at radius 2 is 2.20 bits per heavy atom. The van der Waals surface area contributed by atoms with E-state index < -0.39 is 0 Å². The number of hydrogen-bond acceptors (Lipinski definition) is 3. The first-order chi connectivity index (χ1) is 7.30. The van der Waals surface area contributed by atoms with Gasteiger partial charge in [-0.25, -0.2) is 0 Å². The van der Waals surface area contributed by atoms with E-state index in [1.807, 2.05) is 12.1 Å². The molecule has 1 aromatic carbocycles. The maximum atomic E-state index is 5.55. The highest BCUT2D eigenvalue weighted by atomic mass is 16.5. The van der Waals surface area contributed by atoms with Crippen LogP contribution >= 0.6 is 0 Å². The smallest absolute Gasteiger partial charge is 0.119 e. The lowest BCUT2D eigenvalue weighted by molar-refractivity contribution is 0.287. The van der Waals surface area contributed by atoms with E-state index in [2.05, 4.69) is 24.0 Å². The number of benzene rings is 1. The molecule has 0 saturated carbocycles. The Bertz CT molecular complexity index is 289. The molecule has 2 N–H and O–H groups in total. The molecule has 0 amide bonds. The van der Waals surface area contributed by atoms with Crippen LogP contribution in [0, 0.1) is 0 Å². The van der Waals surface area contributed by atoms with Gasteiger partial charge in [0.1, 0.15) is 5.75 Å². The highest BCUT2D eigenvalue weighted by molar-refractivity contribution is 5.28. The number of likely N-dealkylation sites (N-methyl/N-ethyl adjacent to an activating group) is 1. The monoisotopic (exact) mass is 208 g/mol. The molecule has 0 radical (unpaired) electrons. The lowest BCUT2D eigenvalue weighted by Crippen LogP contribution is -2.28. The SMILES string of the molecule is CCN(CCN)Cc1cccc(OC)c1. The van der Waals surface area contributed by atoms with Crippen LogP contribution in [0.5, 0.6) is 5.75 Å². The molecule has 0 bridgehead atoms. The van der Waals surface area contributed by atoms with Crippen LogP contribution in [0.2, 0.25) is 0 Å². The summed E-state index contributed by atoms with van der Waals surface area (Å²) in [6.45, 7) is 5.75. The van der Waals surface area contributed by atoms with Gasteiger partial charge >= 0.3 is 0 Å². The van der Waals surface area contributed by atoms with E-state index in [-0.39, 0.29) is 0 Å². The molecule has 0 aliphatic heterocycles. The summed E-state index contributed by atoms with van der Waals surface area (Å²) in [5.74, 6) is 0.913. The topological polar surface area (TPSA) is 38.5 Å². The fourth-order valence-electron chi connectivity index (χ4n) is 1.56. The first-order valence-corrected chi connectivity index (χ1v) is 5.35. The molecule has 1 aromatic rings. The van der Waals surface area contributed by atoms with Crippen LogP contribution in [0.1, 0.15) is 12.5 Å². The standard InChI is InChI=1S/C12H20N2O/c1-3-14(8-7-13)10-11-5-4-6-12(9-11)15-2/h4-6,9H,3,7-8,10,13H2,1-2H3. The van der Waals surface area contributed by atoms with Crippen molar-refractivity contribution in [2.24, 2.45) is 5.73 Å². The molecule has 0 atom stereocenters. The first-order valence-electron chi connectivity index (χ1n) is 5.35. The fraction of sp³-hybridized carbons (Fsp3) is 0.500. The van der Waals surface area contributed by atoms with Crippen molar-refractivity contribution in [3.05, 3.63) is 29.8 Å². The highest BCUT2D eigenvalue weighted by Crippen LogP contribution is 2.13. The van der Waals surface area contributed by atoms with Gasteiger partial charge in [-0.2, -0.15) is 0 Å². The van der Waals surface area contributed by atoms with E-state index in [0.29, 0.717) is 6.54 Å². The largest absolute Gasteiger partial charge is 0.497 e. The quantitative estimate of drug-likeness (QED) is 0.769. The zero-order chi connectivity index (χ0) is 11.1. The zero-order valence-electron chi connectivity index (χ0n) is 9.57. The van der Waals surface area contributed by atoms with Gasteiger partial charge in [-0.15, -0.1) is 0 Å². The number of nitrogens with zero attached hydrogens (tertiary/aromatic N) is 1. The molecule has 3 heteroatoms.